The summed E-state index contributed by atoms with van der Waals surface area (Å²) < 4.78 is 5.97. The van der Waals surface area contributed by atoms with E-state index in [1.165, 1.54) is 17.2 Å². The first-order valence-electron chi connectivity index (χ1n) is 9.04. The van der Waals surface area contributed by atoms with Crippen LogP contribution in [0.1, 0.15) is 17.9 Å². The predicted octanol–water partition coefficient (Wildman–Crippen LogP) is 3.84. The second-order valence-electron chi connectivity index (χ2n) is 7.14. The molecular weight excluding hydrogens is 310 g/mol. The summed E-state index contributed by atoms with van der Waals surface area (Å²) in [6.45, 7) is 6.22. The maximum absolute atomic E-state index is 5.97. The molecule has 1 atom stereocenters. The maximum Gasteiger partial charge on any atom is 0.226 e. The Labute approximate surface area is 148 Å². The minimum Gasteiger partial charge on any atom is -0.441 e. The molecule has 1 unspecified atom stereocenters. The number of oxazole rings is 1. The summed E-state index contributed by atoms with van der Waals surface area (Å²) in [6.07, 6.45) is 1.27. The van der Waals surface area contributed by atoms with Crippen LogP contribution in [-0.2, 0) is 6.54 Å². The monoisotopic (exact) mass is 335 g/mol. The van der Waals surface area contributed by atoms with Crippen LogP contribution in [0.5, 0.6) is 0 Å². The number of nitrogens with zero attached hydrogens (tertiary/aromatic N) is 2. The molecule has 1 aliphatic rings. The van der Waals surface area contributed by atoms with E-state index in [1.807, 2.05) is 6.92 Å². The standard InChI is InChI=1S/C21H25N3O/c1-15-20(14-24(2)13-16-9-10-22-12-16)23-21(25-15)19-8-7-17-5-3-4-6-18(17)11-19/h3-8,11,16,22H,9-10,12-14H2,1-2H3. The number of nitrogens with one attached hydrogen (secondary N) is 1. The number of aryl methyl sites for hydroxylation is 1. The van der Waals surface area contributed by atoms with Crippen molar-refractivity contribution < 1.29 is 4.42 Å². The first-order valence-corrected chi connectivity index (χ1v) is 9.04. The molecular formula is C21H25N3O. The first kappa shape index (κ1) is 16.3. The quantitative estimate of drug-likeness (QED) is 0.769. The molecule has 1 fully saturated rings. The van der Waals surface area contributed by atoms with Gasteiger partial charge in [0.2, 0.25) is 5.89 Å². The Balaban J connectivity index is 1.52. The highest BCUT2D eigenvalue weighted by Gasteiger charge is 2.18. The average molecular weight is 335 g/mol. The van der Waals surface area contributed by atoms with E-state index in [4.69, 9.17) is 9.40 Å². The molecule has 1 aromatic heterocycles. The van der Waals surface area contributed by atoms with Crippen LogP contribution in [0.2, 0.25) is 0 Å². The van der Waals surface area contributed by atoms with Crippen molar-refractivity contribution in [1.82, 2.24) is 15.2 Å². The lowest BCUT2D eigenvalue weighted by molar-refractivity contribution is 0.274. The van der Waals surface area contributed by atoms with Gasteiger partial charge in [-0.1, -0.05) is 30.3 Å². The number of hydrogen-bond donors (Lipinski definition) is 1. The van der Waals surface area contributed by atoms with Crippen LogP contribution in [-0.4, -0.2) is 36.6 Å². The second-order valence-corrected chi connectivity index (χ2v) is 7.14. The van der Waals surface area contributed by atoms with Gasteiger partial charge < -0.3 is 14.6 Å². The fourth-order valence-corrected chi connectivity index (χ4v) is 3.65. The Hall–Kier alpha value is -2.17. The molecule has 1 aliphatic heterocycles. The number of benzene rings is 2. The third-order valence-corrected chi connectivity index (χ3v) is 5.04. The van der Waals surface area contributed by atoms with Gasteiger partial charge in [0.1, 0.15) is 5.76 Å². The molecule has 2 heterocycles. The minimum absolute atomic E-state index is 0.717. The van der Waals surface area contributed by atoms with E-state index >= 15 is 0 Å². The molecule has 4 heteroatoms. The highest BCUT2D eigenvalue weighted by molar-refractivity contribution is 5.86. The Bertz CT molecular complexity index is 864. The highest BCUT2D eigenvalue weighted by Crippen LogP contribution is 2.26. The molecule has 0 saturated carbocycles. The average Bonchev–Trinajstić information content (AvgIpc) is 3.25. The fourth-order valence-electron chi connectivity index (χ4n) is 3.65. The van der Waals surface area contributed by atoms with E-state index in [0.717, 1.165) is 49.1 Å². The normalized spacial score (nSPS) is 17.6. The molecule has 1 saturated heterocycles. The molecule has 25 heavy (non-hydrogen) atoms. The summed E-state index contributed by atoms with van der Waals surface area (Å²) in [5.74, 6) is 2.38. The van der Waals surface area contributed by atoms with E-state index in [2.05, 4.69) is 59.7 Å². The smallest absolute Gasteiger partial charge is 0.226 e. The number of rotatable bonds is 5. The van der Waals surface area contributed by atoms with Crippen molar-refractivity contribution in [3.8, 4) is 11.5 Å². The van der Waals surface area contributed by atoms with Crippen LogP contribution in [0.25, 0.3) is 22.2 Å². The molecule has 4 nitrogen and oxygen atoms in total. The summed E-state index contributed by atoms with van der Waals surface area (Å²) in [5.41, 5.74) is 2.08. The van der Waals surface area contributed by atoms with Gasteiger partial charge in [-0.2, -0.15) is 0 Å². The Morgan fingerprint density at radius 3 is 2.84 bits per heavy atom. The third kappa shape index (κ3) is 3.60. The molecule has 1 N–H and O–H groups in total. The van der Waals surface area contributed by atoms with Crippen molar-refractivity contribution in [2.75, 3.05) is 26.7 Å². The van der Waals surface area contributed by atoms with E-state index in [9.17, 15) is 0 Å². The second kappa shape index (κ2) is 6.98. The molecule has 3 aromatic rings. The maximum atomic E-state index is 5.97. The van der Waals surface area contributed by atoms with Crippen LogP contribution in [0.15, 0.2) is 46.9 Å². The molecule has 0 bridgehead atoms. The first-order chi connectivity index (χ1) is 12.2. The lowest BCUT2D eigenvalue weighted by Crippen LogP contribution is -2.27. The summed E-state index contributed by atoms with van der Waals surface area (Å²) >= 11 is 0. The zero-order chi connectivity index (χ0) is 17.2. The van der Waals surface area contributed by atoms with Gasteiger partial charge in [0, 0.05) is 18.7 Å². The van der Waals surface area contributed by atoms with E-state index in [-0.39, 0.29) is 0 Å². The van der Waals surface area contributed by atoms with Crippen molar-refractivity contribution in [3.63, 3.8) is 0 Å². The van der Waals surface area contributed by atoms with Gasteiger partial charge in [-0.3, -0.25) is 0 Å². The van der Waals surface area contributed by atoms with E-state index in [0.29, 0.717) is 5.89 Å². The van der Waals surface area contributed by atoms with Gasteiger partial charge in [0.15, 0.2) is 0 Å². The minimum atomic E-state index is 0.717. The largest absolute Gasteiger partial charge is 0.441 e. The molecule has 0 amide bonds. The number of aromatic nitrogens is 1. The zero-order valence-electron chi connectivity index (χ0n) is 15.0. The number of hydrogen-bond acceptors (Lipinski definition) is 4. The van der Waals surface area contributed by atoms with Crippen molar-refractivity contribution >= 4 is 10.8 Å². The predicted molar refractivity (Wildman–Crippen MR) is 101 cm³/mol. The lowest BCUT2D eigenvalue weighted by atomic mass is 10.1. The summed E-state index contributed by atoms with van der Waals surface area (Å²) in [6, 6.07) is 14.7. The summed E-state index contributed by atoms with van der Waals surface area (Å²) in [4.78, 5) is 7.13. The Morgan fingerprint density at radius 1 is 1.20 bits per heavy atom. The van der Waals surface area contributed by atoms with Gasteiger partial charge in [-0.05, 0) is 62.3 Å². The van der Waals surface area contributed by atoms with Crippen molar-refractivity contribution in [2.45, 2.75) is 19.9 Å². The van der Waals surface area contributed by atoms with E-state index < -0.39 is 0 Å². The van der Waals surface area contributed by atoms with Crippen LogP contribution >= 0.6 is 0 Å². The van der Waals surface area contributed by atoms with Gasteiger partial charge >= 0.3 is 0 Å². The highest BCUT2D eigenvalue weighted by atomic mass is 16.4. The van der Waals surface area contributed by atoms with Crippen LogP contribution in [0.3, 0.4) is 0 Å². The fraction of sp³-hybridized carbons (Fsp3) is 0.381. The Kier molecular flexibility index (Phi) is 4.55. The van der Waals surface area contributed by atoms with Crippen LogP contribution in [0, 0.1) is 12.8 Å². The molecule has 0 spiro atoms. The molecule has 0 aliphatic carbocycles. The van der Waals surface area contributed by atoms with Gasteiger partial charge in [-0.25, -0.2) is 4.98 Å². The summed E-state index contributed by atoms with van der Waals surface area (Å²) in [7, 11) is 2.17. The summed E-state index contributed by atoms with van der Waals surface area (Å²) in [5, 5.41) is 5.88. The molecule has 0 radical (unpaired) electrons. The van der Waals surface area contributed by atoms with Gasteiger partial charge in [-0.15, -0.1) is 0 Å². The van der Waals surface area contributed by atoms with Crippen molar-refractivity contribution in [1.29, 1.82) is 0 Å². The molecule has 2 aromatic carbocycles. The van der Waals surface area contributed by atoms with Crippen molar-refractivity contribution in [2.24, 2.45) is 5.92 Å². The van der Waals surface area contributed by atoms with Crippen LogP contribution < -0.4 is 5.32 Å². The lowest BCUT2D eigenvalue weighted by Gasteiger charge is -2.19. The Morgan fingerprint density at radius 2 is 2.04 bits per heavy atom. The topological polar surface area (TPSA) is 41.3 Å². The van der Waals surface area contributed by atoms with Gasteiger partial charge in [0.25, 0.3) is 0 Å². The van der Waals surface area contributed by atoms with E-state index in [1.54, 1.807) is 0 Å². The SMILES string of the molecule is Cc1oc(-c2ccc3ccccc3c2)nc1CN(C)CC1CCNC1. The van der Waals surface area contributed by atoms with Crippen LogP contribution in [0.4, 0.5) is 0 Å². The van der Waals surface area contributed by atoms with Crippen molar-refractivity contribution in [3.05, 3.63) is 53.9 Å². The molecule has 130 valence electrons. The number of fused-ring (bicyclic) bond motifs is 1. The zero-order valence-corrected chi connectivity index (χ0v) is 15.0. The van der Waals surface area contributed by atoms with Gasteiger partial charge in [0.05, 0.1) is 5.69 Å². The molecule has 4 rings (SSSR count). The third-order valence-electron chi connectivity index (χ3n) is 5.04.